The van der Waals surface area contributed by atoms with E-state index in [1.807, 2.05) is 19.2 Å². The molecule has 0 fully saturated rings. The van der Waals surface area contributed by atoms with Gasteiger partial charge in [0, 0.05) is 18.3 Å². The number of hydrogen-bond donors (Lipinski definition) is 1. The maximum absolute atomic E-state index is 3.12. The van der Waals surface area contributed by atoms with Crippen LogP contribution in [-0.4, -0.2) is 4.98 Å². The van der Waals surface area contributed by atoms with Gasteiger partial charge in [-0.25, -0.2) is 0 Å². The maximum atomic E-state index is 3.12. The second-order valence-corrected chi connectivity index (χ2v) is 1.97. The molecule has 0 spiro atoms. The molecule has 0 radical (unpaired) electrons. The first kappa shape index (κ1) is 6.14. The van der Waals surface area contributed by atoms with E-state index >= 15 is 0 Å². The third kappa shape index (κ3) is 1.76. The standard InChI is InChI=1S/C8H11N/c1-2-3-5-8-6-4-7-9-8/h2-4,6-7,9H,5H2,1H3/b3-2+. The van der Waals surface area contributed by atoms with Crippen LogP contribution in [0, 0.1) is 0 Å². The van der Waals surface area contributed by atoms with Crippen LogP contribution in [0.5, 0.6) is 0 Å². The minimum atomic E-state index is 1.02. The summed E-state index contributed by atoms with van der Waals surface area (Å²) >= 11 is 0. The first-order valence-corrected chi connectivity index (χ1v) is 3.17. The molecule has 1 heterocycles. The minimum Gasteiger partial charge on any atom is -0.365 e. The summed E-state index contributed by atoms with van der Waals surface area (Å²) in [4.78, 5) is 3.12. The molecule has 1 rings (SSSR count). The molecule has 0 aliphatic rings. The van der Waals surface area contributed by atoms with E-state index in [1.54, 1.807) is 0 Å². The average molecular weight is 121 g/mol. The van der Waals surface area contributed by atoms with Crippen LogP contribution in [0.1, 0.15) is 12.6 Å². The van der Waals surface area contributed by atoms with Crippen molar-refractivity contribution in [1.82, 2.24) is 4.98 Å². The molecule has 0 aromatic carbocycles. The van der Waals surface area contributed by atoms with Crippen LogP contribution in [0.2, 0.25) is 0 Å². The second-order valence-electron chi connectivity index (χ2n) is 1.97. The summed E-state index contributed by atoms with van der Waals surface area (Å²) in [6.07, 6.45) is 7.15. The molecule has 1 N–H and O–H groups in total. The molecule has 48 valence electrons. The molecular weight excluding hydrogens is 110 g/mol. The summed E-state index contributed by atoms with van der Waals surface area (Å²) in [7, 11) is 0. The summed E-state index contributed by atoms with van der Waals surface area (Å²) in [6, 6.07) is 4.10. The normalized spacial score (nSPS) is 10.8. The monoisotopic (exact) mass is 121 g/mol. The van der Waals surface area contributed by atoms with E-state index in [-0.39, 0.29) is 0 Å². The van der Waals surface area contributed by atoms with Crippen molar-refractivity contribution in [3.05, 3.63) is 36.2 Å². The fourth-order valence-electron chi connectivity index (χ4n) is 0.739. The summed E-state index contributed by atoms with van der Waals surface area (Å²) < 4.78 is 0. The third-order valence-corrected chi connectivity index (χ3v) is 1.24. The van der Waals surface area contributed by atoms with Gasteiger partial charge in [-0.1, -0.05) is 12.2 Å². The van der Waals surface area contributed by atoms with Gasteiger partial charge < -0.3 is 4.98 Å². The Bertz CT molecular complexity index is 172. The van der Waals surface area contributed by atoms with Crippen molar-refractivity contribution in [3.8, 4) is 0 Å². The van der Waals surface area contributed by atoms with Crippen LogP contribution < -0.4 is 0 Å². The molecule has 1 nitrogen and oxygen atoms in total. The number of hydrogen-bond acceptors (Lipinski definition) is 0. The fraction of sp³-hybridized carbons (Fsp3) is 0.250. The van der Waals surface area contributed by atoms with Crippen LogP contribution in [-0.2, 0) is 6.42 Å². The molecule has 1 aromatic heterocycles. The number of aromatic amines is 1. The Kier molecular flexibility index (Phi) is 2.13. The smallest absolute Gasteiger partial charge is 0.0185 e. The Balaban J connectivity index is 2.48. The molecule has 1 aromatic rings. The van der Waals surface area contributed by atoms with Gasteiger partial charge in [0.25, 0.3) is 0 Å². The zero-order valence-electron chi connectivity index (χ0n) is 5.59. The predicted molar refractivity (Wildman–Crippen MR) is 39.3 cm³/mol. The van der Waals surface area contributed by atoms with Gasteiger partial charge in [0.1, 0.15) is 0 Å². The zero-order chi connectivity index (χ0) is 6.53. The molecule has 0 bridgehead atoms. The van der Waals surface area contributed by atoms with Gasteiger partial charge in [-0.15, -0.1) is 0 Å². The van der Waals surface area contributed by atoms with Crippen molar-refractivity contribution in [3.63, 3.8) is 0 Å². The van der Waals surface area contributed by atoms with Crippen molar-refractivity contribution >= 4 is 0 Å². The highest BCUT2D eigenvalue weighted by atomic mass is 14.7. The quantitative estimate of drug-likeness (QED) is 0.577. The number of allylic oxidation sites excluding steroid dienone is 2. The van der Waals surface area contributed by atoms with Gasteiger partial charge in [-0.05, 0) is 19.1 Å². The largest absolute Gasteiger partial charge is 0.365 e. The van der Waals surface area contributed by atoms with Crippen LogP contribution in [0.4, 0.5) is 0 Å². The Labute approximate surface area is 55.4 Å². The summed E-state index contributed by atoms with van der Waals surface area (Å²) in [5.41, 5.74) is 1.27. The van der Waals surface area contributed by atoms with E-state index in [9.17, 15) is 0 Å². The van der Waals surface area contributed by atoms with E-state index in [0.717, 1.165) is 6.42 Å². The average Bonchev–Trinajstić information content (AvgIpc) is 2.34. The minimum absolute atomic E-state index is 1.02. The van der Waals surface area contributed by atoms with E-state index in [0.29, 0.717) is 0 Å². The molecule has 0 amide bonds. The predicted octanol–water partition coefficient (Wildman–Crippen LogP) is 2.13. The number of nitrogens with one attached hydrogen (secondary N) is 1. The third-order valence-electron chi connectivity index (χ3n) is 1.24. The Morgan fingerprint density at radius 3 is 3.11 bits per heavy atom. The molecule has 0 unspecified atom stereocenters. The second kappa shape index (κ2) is 3.13. The molecule has 1 heteroatoms. The lowest BCUT2D eigenvalue weighted by Crippen LogP contribution is -1.76. The Morgan fingerprint density at radius 2 is 2.56 bits per heavy atom. The number of rotatable bonds is 2. The van der Waals surface area contributed by atoms with Crippen molar-refractivity contribution in [2.24, 2.45) is 0 Å². The molecular formula is C8H11N. The van der Waals surface area contributed by atoms with E-state index in [4.69, 9.17) is 0 Å². The highest BCUT2D eigenvalue weighted by Gasteiger charge is 1.84. The van der Waals surface area contributed by atoms with Gasteiger partial charge in [-0.2, -0.15) is 0 Å². The van der Waals surface area contributed by atoms with E-state index < -0.39 is 0 Å². The Morgan fingerprint density at radius 1 is 1.67 bits per heavy atom. The summed E-state index contributed by atoms with van der Waals surface area (Å²) in [5, 5.41) is 0. The topological polar surface area (TPSA) is 15.8 Å². The van der Waals surface area contributed by atoms with Gasteiger partial charge >= 0.3 is 0 Å². The van der Waals surface area contributed by atoms with Crippen molar-refractivity contribution in [1.29, 1.82) is 0 Å². The first-order valence-electron chi connectivity index (χ1n) is 3.17. The lowest BCUT2D eigenvalue weighted by atomic mass is 10.3. The van der Waals surface area contributed by atoms with Crippen LogP contribution in [0.3, 0.4) is 0 Å². The molecule has 0 saturated heterocycles. The summed E-state index contributed by atoms with van der Waals surface area (Å²) in [5.74, 6) is 0. The maximum Gasteiger partial charge on any atom is 0.0185 e. The molecule has 0 atom stereocenters. The van der Waals surface area contributed by atoms with Gasteiger partial charge in [0.05, 0.1) is 0 Å². The lowest BCUT2D eigenvalue weighted by molar-refractivity contribution is 1.15. The molecule has 9 heavy (non-hydrogen) atoms. The van der Waals surface area contributed by atoms with Crippen molar-refractivity contribution < 1.29 is 0 Å². The van der Waals surface area contributed by atoms with Gasteiger partial charge in [0.2, 0.25) is 0 Å². The van der Waals surface area contributed by atoms with Crippen LogP contribution >= 0.6 is 0 Å². The molecule has 0 saturated carbocycles. The van der Waals surface area contributed by atoms with Crippen molar-refractivity contribution in [2.45, 2.75) is 13.3 Å². The SMILES string of the molecule is C/C=C/Cc1ccc[nH]1. The lowest BCUT2D eigenvalue weighted by Gasteiger charge is -1.85. The highest BCUT2D eigenvalue weighted by molar-refractivity contribution is 5.07. The van der Waals surface area contributed by atoms with Gasteiger partial charge in [0.15, 0.2) is 0 Å². The van der Waals surface area contributed by atoms with Crippen LogP contribution in [0.15, 0.2) is 30.5 Å². The Hall–Kier alpha value is -0.980. The van der Waals surface area contributed by atoms with Crippen LogP contribution in [0.25, 0.3) is 0 Å². The molecule has 0 aliphatic heterocycles. The van der Waals surface area contributed by atoms with Gasteiger partial charge in [-0.3, -0.25) is 0 Å². The number of aromatic nitrogens is 1. The summed E-state index contributed by atoms with van der Waals surface area (Å²) in [6.45, 7) is 2.03. The zero-order valence-corrected chi connectivity index (χ0v) is 5.59. The number of H-pyrrole nitrogens is 1. The fourth-order valence-corrected chi connectivity index (χ4v) is 0.739. The van der Waals surface area contributed by atoms with E-state index in [1.165, 1.54) is 5.69 Å². The van der Waals surface area contributed by atoms with Crippen molar-refractivity contribution in [2.75, 3.05) is 0 Å². The highest BCUT2D eigenvalue weighted by Crippen LogP contribution is 1.95. The van der Waals surface area contributed by atoms with E-state index in [2.05, 4.69) is 23.2 Å². The first-order chi connectivity index (χ1) is 4.43. The molecule has 0 aliphatic carbocycles.